The lowest BCUT2D eigenvalue weighted by atomic mass is 9.88. The fourth-order valence-corrected chi connectivity index (χ4v) is 4.20. The summed E-state index contributed by atoms with van der Waals surface area (Å²) in [6.07, 6.45) is 4.54. The van der Waals surface area contributed by atoms with Crippen molar-refractivity contribution in [2.75, 3.05) is 0 Å². The average molecular weight is 351 g/mol. The van der Waals surface area contributed by atoms with Crippen LogP contribution >= 0.6 is 0 Å². The molecule has 0 bridgehead atoms. The summed E-state index contributed by atoms with van der Waals surface area (Å²) in [5.74, 6) is 0.294. The minimum Gasteiger partial charge on any atom is -0.253 e. The third-order valence-corrected chi connectivity index (χ3v) is 5.40. The third-order valence-electron chi connectivity index (χ3n) is 5.40. The summed E-state index contributed by atoms with van der Waals surface area (Å²) in [4.78, 5) is 5.05. The molecule has 0 N–H and O–H groups in total. The smallest absolute Gasteiger partial charge is 0.0691 e. The summed E-state index contributed by atoms with van der Waals surface area (Å²) < 4.78 is 0. The van der Waals surface area contributed by atoms with E-state index >= 15 is 0 Å². The molecule has 0 spiro atoms. The molecule has 27 heavy (non-hydrogen) atoms. The molecule has 3 aromatic carbocycles. The van der Waals surface area contributed by atoms with Crippen LogP contribution < -0.4 is 0 Å². The van der Waals surface area contributed by atoms with E-state index in [0.29, 0.717) is 5.92 Å². The fraction of sp³-hybridized carbons (Fsp3) is 0.192. The molecule has 1 unspecified atom stereocenters. The molecular formula is C26H25N. The maximum Gasteiger partial charge on any atom is 0.0691 e. The minimum absolute atomic E-state index is 0.294. The number of hydrogen-bond donors (Lipinski definition) is 0. The molecule has 0 fully saturated rings. The van der Waals surface area contributed by atoms with Gasteiger partial charge in [0, 0.05) is 11.6 Å². The first kappa shape index (κ1) is 17.5. The number of nitrogens with zero attached hydrogens (tertiary/aromatic N) is 1. The minimum atomic E-state index is 0.294. The Morgan fingerprint density at radius 3 is 2.19 bits per heavy atom. The summed E-state index contributed by atoms with van der Waals surface area (Å²) in [5, 5.41) is 0. The molecule has 0 radical (unpaired) electrons. The molecular weight excluding hydrogens is 326 g/mol. The van der Waals surface area contributed by atoms with Gasteiger partial charge in [-0.2, -0.15) is 0 Å². The van der Waals surface area contributed by atoms with Crippen LogP contribution in [-0.4, -0.2) is 5.71 Å². The van der Waals surface area contributed by atoms with E-state index in [1.807, 2.05) is 0 Å². The largest absolute Gasteiger partial charge is 0.253 e. The van der Waals surface area contributed by atoms with E-state index in [4.69, 9.17) is 4.99 Å². The summed E-state index contributed by atoms with van der Waals surface area (Å²) in [6, 6.07) is 21.7. The molecule has 0 aromatic heterocycles. The van der Waals surface area contributed by atoms with Gasteiger partial charge in [-0.1, -0.05) is 78.4 Å². The summed E-state index contributed by atoms with van der Waals surface area (Å²) in [7, 11) is 0. The lowest BCUT2D eigenvalue weighted by Crippen LogP contribution is -2.05. The van der Waals surface area contributed by atoms with E-state index < -0.39 is 0 Å². The van der Waals surface area contributed by atoms with Crippen LogP contribution in [0.25, 0.3) is 6.08 Å². The fourth-order valence-electron chi connectivity index (χ4n) is 4.20. The van der Waals surface area contributed by atoms with E-state index in [1.165, 1.54) is 38.9 Å². The second kappa shape index (κ2) is 7.00. The topological polar surface area (TPSA) is 12.4 Å². The molecule has 4 rings (SSSR count). The highest BCUT2D eigenvalue weighted by atomic mass is 14.8. The van der Waals surface area contributed by atoms with Gasteiger partial charge in [-0.25, -0.2) is 0 Å². The molecule has 0 saturated heterocycles. The third kappa shape index (κ3) is 3.26. The van der Waals surface area contributed by atoms with Gasteiger partial charge >= 0.3 is 0 Å². The predicted octanol–water partition coefficient (Wildman–Crippen LogP) is 6.91. The zero-order valence-corrected chi connectivity index (χ0v) is 16.5. The Hall–Kier alpha value is -2.93. The SMILES string of the molecule is C/C(=N\c1c(C)cc(C)cc1C)c1ccccc1C1C=Cc2ccccc21. The maximum absolute atomic E-state index is 5.05. The van der Waals surface area contributed by atoms with Crippen LogP contribution in [0.4, 0.5) is 5.69 Å². The van der Waals surface area contributed by atoms with Gasteiger partial charge in [0.15, 0.2) is 0 Å². The summed E-state index contributed by atoms with van der Waals surface area (Å²) in [5.41, 5.74) is 11.2. The number of benzene rings is 3. The molecule has 0 heterocycles. The first-order valence-electron chi connectivity index (χ1n) is 9.54. The van der Waals surface area contributed by atoms with Crippen molar-refractivity contribution in [2.45, 2.75) is 33.6 Å². The zero-order chi connectivity index (χ0) is 19.0. The van der Waals surface area contributed by atoms with E-state index in [9.17, 15) is 0 Å². The summed E-state index contributed by atoms with van der Waals surface area (Å²) >= 11 is 0. The highest BCUT2D eigenvalue weighted by Gasteiger charge is 2.21. The van der Waals surface area contributed by atoms with Crippen LogP contribution in [-0.2, 0) is 0 Å². The van der Waals surface area contributed by atoms with Crippen LogP contribution in [0.5, 0.6) is 0 Å². The zero-order valence-electron chi connectivity index (χ0n) is 16.5. The first-order valence-corrected chi connectivity index (χ1v) is 9.54. The van der Waals surface area contributed by atoms with Crippen molar-refractivity contribution in [3.63, 3.8) is 0 Å². The standard InChI is InChI=1S/C26H25N/c1-17-15-18(2)26(19(3)16-17)27-20(4)22-10-7-8-12-24(22)25-14-13-21-9-5-6-11-23(21)25/h5-16,25H,1-4H3/b27-20+. The number of aliphatic imine (C=N–C) groups is 1. The van der Waals surface area contributed by atoms with Crippen LogP contribution in [0, 0.1) is 20.8 Å². The quantitative estimate of drug-likeness (QED) is 0.455. The molecule has 1 atom stereocenters. The van der Waals surface area contributed by atoms with Crippen molar-refractivity contribution in [1.82, 2.24) is 0 Å². The maximum atomic E-state index is 5.05. The van der Waals surface area contributed by atoms with Crippen LogP contribution in [0.3, 0.4) is 0 Å². The Morgan fingerprint density at radius 2 is 1.44 bits per heavy atom. The Bertz CT molecular complexity index is 1050. The second-order valence-electron chi connectivity index (χ2n) is 7.50. The van der Waals surface area contributed by atoms with Crippen molar-refractivity contribution in [3.8, 4) is 0 Å². The first-order chi connectivity index (χ1) is 13.0. The van der Waals surface area contributed by atoms with Crippen molar-refractivity contribution in [1.29, 1.82) is 0 Å². The van der Waals surface area contributed by atoms with Crippen LogP contribution in [0.1, 0.15) is 51.8 Å². The lowest BCUT2D eigenvalue weighted by Gasteiger charge is -2.17. The van der Waals surface area contributed by atoms with Crippen LogP contribution in [0.2, 0.25) is 0 Å². The molecule has 1 heteroatoms. The van der Waals surface area contributed by atoms with E-state index in [-0.39, 0.29) is 0 Å². The normalized spacial score (nSPS) is 15.9. The van der Waals surface area contributed by atoms with Gasteiger partial charge in [-0.3, -0.25) is 4.99 Å². The van der Waals surface area contributed by atoms with Crippen molar-refractivity contribution >= 4 is 17.5 Å². The highest BCUT2D eigenvalue weighted by molar-refractivity contribution is 6.02. The average Bonchev–Trinajstić information content (AvgIpc) is 3.08. The molecule has 3 aromatic rings. The molecule has 1 aliphatic carbocycles. The van der Waals surface area contributed by atoms with Gasteiger partial charge in [-0.05, 0) is 61.1 Å². The van der Waals surface area contributed by atoms with Gasteiger partial charge in [0.25, 0.3) is 0 Å². The van der Waals surface area contributed by atoms with Gasteiger partial charge in [0.1, 0.15) is 0 Å². The van der Waals surface area contributed by atoms with Crippen molar-refractivity contribution in [2.24, 2.45) is 4.99 Å². The van der Waals surface area contributed by atoms with Gasteiger partial charge < -0.3 is 0 Å². The van der Waals surface area contributed by atoms with Gasteiger partial charge in [-0.15, -0.1) is 0 Å². The highest BCUT2D eigenvalue weighted by Crippen LogP contribution is 2.37. The monoisotopic (exact) mass is 351 g/mol. The number of aryl methyl sites for hydroxylation is 3. The number of allylic oxidation sites excluding steroid dienone is 1. The molecule has 0 saturated carbocycles. The molecule has 134 valence electrons. The Labute approximate surface area is 162 Å². The Morgan fingerprint density at radius 1 is 0.815 bits per heavy atom. The summed E-state index contributed by atoms with van der Waals surface area (Å²) in [6.45, 7) is 8.56. The number of hydrogen-bond acceptors (Lipinski definition) is 1. The van der Waals surface area contributed by atoms with Gasteiger partial charge in [0.2, 0.25) is 0 Å². The Balaban J connectivity index is 1.80. The van der Waals surface area contributed by atoms with E-state index in [2.05, 4.69) is 101 Å². The molecule has 1 nitrogen and oxygen atoms in total. The molecule has 1 aliphatic rings. The van der Waals surface area contributed by atoms with E-state index in [1.54, 1.807) is 0 Å². The second-order valence-corrected chi connectivity index (χ2v) is 7.50. The van der Waals surface area contributed by atoms with Crippen LogP contribution in [0.15, 0.2) is 71.7 Å². The number of rotatable bonds is 3. The Kier molecular flexibility index (Phi) is 4.53. The van der Waals surface area contributed by atoms with Gasteiger partial charge in [0.05, 0.1) is 5.69 Å². The van der Waals surface area contributed by atoms with Crippen molar-refractivity contribution in [3.05, 3.63) is 106 Å². The lowest BCUT2D eigenvalue weighted by molar-refractivity contribution is 1.04. The number of fused-ring (bicyclic) bond motifs is 1. The predicted molar refractivity (Wildman–Crippen MR) is 116 cm³/mol. The van der Waals surface area contributed by atoms with E-state index in [0.717, 1.165) is 11.4 Å². The molecule has 0 aliphatic heterocycles. The van der Waals surface area contributed by atoms with Crippen molar-refractivity contribution < 1.29 is 0 Å². The molecule has 0 amide bonds.